The number of carbonyl (C=O) groups excluding carboxylic acids is 1. The van der Waals surface area contributed by atoms with Gasteiger partial charge in [0.25, 0.3) is 11.6 Å². The third kappa shape index (κ3) is 3.48. The monoisotopic (exact) mass is 410 g/mol. The highest BCUT2D eigenvalue weighted by molar-refractivity contribution is 6.05. The molecule has 1 aliphatic heterocycles. The van der Waals surface area contributed by atoms with Crippen LogP contribution in [0.15, 0.2) is 90.0 Å². The maximum absolute atomic E-state index is 13.7. The average Bonchev–Trinajstić information content (AvgIpc) is 3.13. The van der Waals surface area contributed by atoms with Crippen LogP contribution in [0.2, 0.25) is 0 Å². The zero-order valence-corrected chi connectivity index (χ0v) is 15.7. The van der Waals surface area contributed by atoms with Gasteiger partial charge in [0.05, 0.1) is 12.1 Å². The number of hydrogen-bond acceptors (Lipinski definition) is 3. The highest BCUT2D eigenvalue weighted by Crippen LogP contribution is 2.42. The summed E-state index contributed by atoms with van der Waals surface area (Å²) in [5.41, 5.74) is -1.29. The number of aliphatic hydroxyl groups is 1. The van der Waals surface area contributed by atoms with E-state index in [-0.39, 0.29) is 16.3 Å². The smallest absolute Gasteiger partial charge is 0.362 e. The Balaban J connectivity index is 1.69. The number of nitrogens with zero attached hydrogens (tertiary/aromatic N) is 2. The normalized spacial score (nSPS) is 18.9. The van der Waals surface area contributed by atoms with Crippen LogP contribution in [0.25, 0.3) is 11.1 Å². The Morgan fingerprint density at radius 3 is 1.87 bits per heavy atom. The van der Waals surface area contributed by atoms with Gasteiger partial charge < -0.3 is 5.11 Å². The number of halogens is 3. The number of carbonyl (C=O) groups is 1. The van der Waals surface area contributed by atoms with Crippen molar-refractivity contribution >= 4 is 11.6 Å². The van der Waals surface area contributed by atoms with E-state index in [2.05, 4.69) is 5.10 Å². The van der Waals surface area contributed by atoms with E-state index in [1.807, 2.05) is 30.3 Å². The van der Waals surface area contributed by atoms with Crippen LogP contribution in [0.1, 0.15) is 22.3 Å². The zero-order chi connectivity index (χ0) is 21.4. The summed E-state index contributed by atoms with van der Waals surface area (Å²) >= 11 is 0. The Morgan fingerprint density at radius 2 is 1.33 bits per heavy atom. The van der Waals surface area contributed by atoms with Gasteiger partial charge in [-0.1, -0.05) is 72.8 Å². The predicted molar refractivity (Wildman–Crippen MR) is 107 cm³/mol. The Bertz CT molecular complexity index is 1080. The largest absolute Gasteiger partial charge is 0.438 e. The van der Waals surface area contributed by atoms with Crippen LogP contribution >= 0.6 is 0 Å². The van der Waals surface area contributed by atoms with Crippen LogP contribution in [0.3, 0.4) is 0 Å². The highest BCUT2D eigenvalue weighted by Gasteiger charge is 2.63. The molecule has 1 heterocycles. The van der Waals surface area contributed by atoms with Crippen molar-refractivity contribution in [2.75, 3.05) is 0 Å². The molecule has 0 spiro atoms. The first-order chi connectivity index (χ1) is 14.3. The standard InChI is InChI=1S/C23H17F3N2O2/c24-23(25,26)22(30)15-20(18-9-5-2-6-10-18)27-28(22)21(29)19-13-11-17(12-14-19)16-7-3-1-4-8-16/h1-14,30H,15H2/t22-/m0/s1. The zero-order valence-electron chi connectivity index (χ0n) is 15.7. The van der Waals surface area contributed by atoms with Gasteiger partial charge in [-0.2, -0.15) is 23.3 Å². The minimum atomic E-state index is -5.08. The maximum atomic E-state index is 13.7. The molecule has 0 aliphatic carbocycles. The lowest BCUT2D eigenvalue weighted by Crippen LogP contribution is -2.56. The second-order valence-electron chi connectivity index (χ2n) is 6.96. The molecule has 4 rings (SSSR count). The first-order valence-corrected chi connectivity index (χ1v) is 9.22. The van der Waals surface area contributed by atoms with E-state index in [9.17, 15) is 23.1 Å². The number of alkyl halides is 3. The molecular formula is C23H17F3N2O2. The quantitative estimate of drug-likeness (QED) is 0.671. The minimum Gasteiger partial charge on any atom is -0.362 e. The summed E-state index contributed by atoms with van der Waals surface area (Å²) in [5, 5.41) is 14.5. The van der Waals surface area contributed by atoms with Crippen molar-refractivity contribution in [1.82, 2.24) is 5.01 Å². The summed E-state index contributed by atoms with van der Waals surface area (Å²) in [7, 11) is 0. The molecule has 0 saturated heterocycles. The fraction of sp³-hybridized carbons (Fsp3) is 0.130. The van der Waals surface area contributed by atoms with Crippen LogP contribution in [0, 0.1) is 0 Å². The molecule has 3 aromatic rings. The predicted octanol–water partition coefficient (Wildman–Crippen LogP) is 4.85. The van der Waals surface area contributed by atoms with Gasteiger partial charge in [-0.05, 0) is 28.8 Å². The highest BCUT2D eigenvalue weighted by atomic mass is 19.4. The summed E-state index contributed by atoms with van der Waals surface area (Å²) in [6.07, 6.45) is -5.92. The Morgan fingerprint density at radius 1 is 0.833 bits per heavy atom. The van der Waals surface area contributed by atoms with Crippen molar-refractivity contribution in [3.63, 3.8) is 0 Å². The molecule has 0 saturated carbocycles. The minimum absolute atomic E-state index is 0.00424. The van der Waals surface area contributed by atoms with E-state index in [0.717, 1.165) is 11.1 Å². The van der Waals surface area contributed by atoms with Gasteiger partial charge >= 0.3 is 6.18 Å². The molecule has 152 valence electrons. The number of hydrogen-bond donors (Lipinski definition) is 1. The Labute approximate surface area is 170 Å². The number of amides is 1. The van der Waals surface area contributed by atoms with Crippen LogP contribution < -0.4 is 0 Å². The molecular weight excluding hydrogens is 393 g/mol. The molecule has 0 bridgehead atoms. The van der Waals surface area contributed by atoms with Crippen LogP contribution in [-0.2, 0) is 0 Å². The summed E-state index contributed by atoms with van der Waals surface area (Å²) in [6.45, 7) is 0. The van der Waals surface area contributed by atoms with Crippen molar-refractivity contribution in [3.05, 3.63) is 96.1 Å². The summed E-state index contributed by atoms with van der Waals surface area (Å²) in [4.78, 5) is 12.9. The van der Waals surface area contributed by atoms with Gasteiger partial charge in [-0.15, -0.1) is 0 Å². The van der Waals surface area contributed by atoms with Crippen molar-refractivity contribution in [2.24, 2.45) is 5.10 Å². The molecule has 4 nitrogen and oxygen atoms in total. The SMILES string of the molecule is O=C(c1ccc(-c2ccccc2)cc1)N1N=C(c2ccccc2)C[C@]1(O)C(F)(F)F. The molecule has 30 heavy (non-hydrogen) atoms. The van der Waals surface area contributed by atoms with Crippen LogP contribution in [0.4, 0.5) is 13.2 Å². The van der Waals surface area contributed by atoms with Crippen molar-refractivity contribution in [3.8, 4) is 11.1 Å². The molecule has 0 radical (unpaired) electrons. The van der Waals surface area contributed by atoms with E-state index in [0.29, 0.717) is 5.56 Å². The van der Waals surface area contributed by atoms with Gasteiger partial charge in [-0.25, -0.2) is 0 Å². The molecule has 3 aromatic carbocycles. The van der Waals surface area contributed by atoms with E-state index >= 15 is 0 Å². The molecule has 1 atom stereocenters. The molecule has 0 fully saturated rings. The van der Waals surface area contributed by atoms with Crippen molar-refractivity contribution < 1.29 is 23.1 Å². The van der Waals surface area contributed by atoms with E-state index in [1.54, 1.807) is 42.5 Å². The van der Waals surface area contributed by atoms with Crippen molar-refractivity contribution in [1.29, 1.82) is 0 Å². The van der Waals surface area contributed by atoms with Gasteiger partial charge in [-0.3, -0.25) is 4.79 Å². The third-order valence-electron chi connectivity index (χ3n) is 4.98. The fourth-order valence-corrected chi connectivity index (χ4v) is 3.33. The maximum Gasteiger partial charge on any atom is 0.438 e. The second kappa shape index (κ2) is 7.42. The lowest BCUT2D eigenvalue weighted by Gasteiger charge is -2.32. The lowest BCUT2D eigenvalue weighted by atomic mass is 10.00. The molecule has 7 heteroatoms. The Hall–Kier alpha value is -3.45. The summed E-state index contributed by atoms with van der Waals surface area (Å²) in [5.74, 6) is -1.03. The van der Waals surface area contributed by atoms with E-state index in [1.165, 1.54) is 12.1 Å². The first-order valence-electron chi connectivity index (χ1n) is 9.22. The van der Waals surface area contributed by atoms with Crippen LogP contribution in [-0.4, -0.2) is 33.6 Å². The first kappa shape index (κ1) is 19.8. The second-order valence-corrected chi connectivity index (χ2v) is 6.96. The fourth-order valence-electron chi connectivity index (χ4n) is 3.33. The van der Waals surface area contributed by atoms with Gasteiger partial charge in [0, 0.05) is 5.56 Å². The van der Waals surface area contributed by atoms with E-state index < -0.39 is 24.2 Å². The number of hydrazone groups is 1. The molecule has 1 aliphatic rings. The van der Waals surface area contributed by atoms with Crippen molar-refractivity contribution in [2.45, 2.75) is 18.3 Å². The van der Waals surface area contributed by atoms with Crippen LogP contribution in [0.5, 0.6) is 0 Å². The molecule has 0 aromatic heterocycles. The number of rotatable bonds is 3. The average molecular weight is 410 g/mol. The topological polar surface area (TPSA) is 52.9 Å². The molecule has 1 amide bonds. The van der Waals surface area contributed by atoms with Gasteiger partial charge in [0.2, 0.25) is 0 Å². The van der Waals surface area contributed by atoms with Gasteiger partial charge in [0.15, 0.2) is 0 Å². The lowest BCUT2D eigenvalue weighted by molar-refractivity contribution is -0.297. The van der Waals surface area contributed by atoms with E-state index in [4.69, 9.17) is 0 Å². The molecule has 1 N–H and O–H groups in total. The number of benzene rings is 3. The molecule has 0 unspecified atom stereocenters. The Kier molecular flexibility index (Phi) is 4.91. The van der Waals surface area contributed by atoms with Gasteiger partial charge in [0.1, 0.15) is 0 Å². The summed E-state index contributed by atoms with van der Waals surface area (Å²) < 4.78 is 41.2. The third-order valence-corrected chi connectivity index (χ3v) is 4.98. The summed E-state index contributed by atoms with van der Waals surface area (Å²) in [6, 6.07) is 23.7.